The van der Waals surface area contributed by atoms with Gasteiger partial charge in [0, 0.05) is 13.7 Å². The Morgan fingerprint density at radius 2 is 2.00 bits per heavy atom. The summed E-state index contributed by atoms with van der Waals surface area (Å²) in [6.07, 6.45) is 1.66. The molecule has 1 unspecified atom stereocenters. The van der Waals surface area contributed by atoms with Crippen molar-refractivity contribution in [1.82, 2.24) is 4.90 Å². The van der Waals surface area contributed by atoms with Gasteiger partial charge in [-0.2, -0.15) is 0 Å². The summed E-state index contributed by atoms with van der Waals surface area (Å²) in [6.45, 7) is 8.53. The number of nitrogens with zero attached hydrogens (tertiary/aromatic N) is 1. The lowest BCUT2D eigenvalue weighted by Crippen LogP contribution is -2.32. The van der Waals surface area contributed by atoms with Crippen molar-refractivity contribution in [2.75, 3.05) is 26.9 Å². The molecule has 0 bridgehead atoms. The highest BCUT2D eigenvalue weighted by Gasteiger charge is 2.42. The minimum Gasteiger partial charge on any atom is -0.490 e. The normalized spacial score (nSPS) is 15.4. The summed E-state index contributed by atoms with van der Waals surface area (Å²) in [5.74, 6) is 0.426. The molecule has 0 saturated heterocycles. The van der Waals surface area contributed by atoms with E-state index in [0.29, 0.717) is 42.0 Å². The maximum atomic E-state index is 13.6. The van der Waals surface area contributed by atoms with Gasteiger partial charge in [-0.1, -0.05) is 30.9 Å². The van der Waals surface area contributed by atoms with E-state index in [2.05, 4.69) is 6.58 Å². The van der Waals surface area contributed by atoms with Gasteiger partial charge in [-0.3, -0.25) is 9.59 Å². The zero-order chi connectivity index (χ0) is 22.1. The number of hydrogen-bond donors (Lipinski definition) is 0. The van der Waals surface area contributed by atoms with Crippen LogP contribution in [-0.2, 0) is 4.74 Å². The van der Waals surface area contributed by atoms with E-state index in [9.17, 15) is 9.59 Å². The number of carbonyl (C=O) groups is 1. The van der Waals surface area contributed by atoms with Crippen LogP contribution in [0.4, 0.5) is 0 Å². The van der Waals surface area contributed by atoms with E-state index in [1.54, 1.807) is 24.2 Å². The average Bonchev–Trinajstić information content (AvgIpc) is 3.02. The molecule has 2 aromatic carbocycles. The van der Waals surface area contributed by atoms with Crippen molar-refractivity contribution >= 4 is 16.9 Å². The monoisotopic (exact) mass is 419 g/mol. The fraction of sp³-hybridized carbons (Fsp3) is 0.280. The topological polar surface area (TPSA) is 69.0 Å². The Bertz CT molecular complexity index is 1230. The summed E-state index contributed by atoms with van der Waals surface area (Å²) in [4.78, 5) is 28.6. The molecule has 0 N–H and O–H groups in total. The van der Waals surface area contributed by atoms with Crippen molar-refractivity contribution in [3.05, 3.63) is 87.3 Å². The molecule has 0 aliphatic carbocycles. The van der Waals surface area contributed by atoms with Crippen LogP contribution < -0.4 is 10.2 Å². The number of fused-ring (bicyclic) bond motifs is 2. The lowest BCUT2D eigenvalue weighted by molar-refractivity contribution is 0.0663. The fourth-order valence-corrected chi connectivity index (χ4v) is 4.21. The molecule has 2 heterocycles. The van der Waals surface area contributed by atoms with Crippen molar-refractivity contribution in [2.24, 2.45) is 0 Å². The molecule has 3 aromatic rings. The Labute approximate surface area is 180 Å². The molecular weight excluding hydrogens is 394 g/mol. The molecule has 6 nitrogen and oxygen atoms in total. The highest BCUT2D eigenvalue weighted by molar-refractivity contribution is 5.99. The van der Waals surface area contributed by atoms with E-state index in [1.807, 2.05) is 44.2 Å². The van der Waals surface area contributed by atoms with E-state index in [1.165, 1.54) is 0 Å². The highest BCUT2D eigenvalue weighted by atomic mass is 16.5. The van der Waals surface area contributed by atoms with E-state index in [-0.39, 0.29) is 17.1 Å². The summed E-state index contributed by atoms with van der Waals surface area (Å²) in [7, 11) is 1.58. The van der Waals surface area contributed by atoms with Gasteiger partial charge in [0.2, 0.25) is 5.76 Å². The molecule has 1 aliphatic heterocycles. The van der Waals surface area contributed by atoms with Gasteiger partial charge in [-0.25, -0.2) is 0 Å². The van der Waals surface area contributed by atoms with Gasteiger partial charge in [0.1, 0.15) is 17.9 Å². The molecule has 0 spiro atoms. The second-order valence-corrected chi connectivity index (χ2v) is 7.69. The standard InChI is InChI=1S/C25H25NO5/c1-5-10-30-18-8-6-7-17(14-18)22-21-23(27)20-16(3)12-15(2)13-19(20)31-24(21)25(28)26(22)9-11-29-4/h5-8,12-14,22H,1,9-11H2,2-4H3. The number of benzene rings is 2. The third-order valence-corrected chi connectivity index (χ3v) is 5.49. The Morgan fingerprint density at radius 3 is 2.74 bits per heavy atom. The zero-order valence-corrected chi connectivity index (χ0v) is 17.9. The van der Waals surface area contributed by atoms with E-state index < -0.39 is 6.04 Å². The predicted molar refractivity (Wildman–Crippen MR) is 119 cm³/mol. The van der Waals surface area contributed by atoms with Crippen molar-refractivity contribution in [2.45, 2.75) is 19.9 Å². The Morgan fingerprint density at radius 1 is 1.19 bits per heavy atom. The van der Waals surface area contributed by atoms with Crippen LogP contribution in [0.1, 0.15) is 38.9 Å². The number of carbonyl (C=O) groups excluding carboxylic acids is 1. The van der Waals surface area contributed by atoms with Crippen LogP contribution in [0.25, 0.3) is 11.0 Å². The molecule has 0 radical (unpaired) electrons. The summed E-state index contributed by atoms with van der Waals surface area (Å²) in [5, 5.41) is 0.509. The molecular formula is C25H25NO5. The van der Waals surface area contributed by atoms with E-state index in [0.717, 1.165) is 16.7 Å². The molecule has 0 saturated carbocycles. The summed E-state index contributed by atoms with van der Waals surface area (Å²) >= 11 is 0. The smallest absolute Gasteiger partial charge is 0.290 e. The Kier molecular flexibility index (Phi) is 5.65. The molecule has 1 aromatic heterocycles. The van der Waals surface area contributed by atoms with Crippen LogP contribution in [0.15, 0.2) is 58.3 Å². The summed E-state index contributed by atoms with van der Waals surface area (Å²) < 4.78 is 16.9. The minimum absolute atomic E-state index is 0.0982. The average molecular weight is 419 g/mol. The highest BCUT2D eigenvalue weighted by Crippen LogP contribution is 2.39. The number of aryl methyl sites for hydroxylation is 2. The van der Waals surface area contributed by atoms with Gasteiger partial charge in [0.15, 0.2) is 5.43 Å². The third-order valence-electron chi connectivity index (χ3n) is 5.49. The third kappa shape index (κ3) is 3.64. The van der Waals surface area contributed by atoms with Gasteiger partial charge in [0.05, 0.1) is 23.6 Å². The summed E-state index contributed by atoms with van der Waals surface area (Å²) in [6, 6.07) is 10.6. The van der Waals surface area contributed by atoms with Gasteiger partial charge in [-0.05, 0) is 48.7 Å². The van der Waals surface area contributed by atoms with Gasteiger partial charge in [0.25, 0.3) is 5.91 Å². The van der Waals surface area contributed by atoms with E-state index in [4.69, 9.17) is 13.9 Å². The van der Waals surface area contributed by atoms with Crippen molar-refractivity contribution < 1.29 is 18.7 Å². The first-order valence-corrected chi connectivity index (χ1v) is 10.2. The quantitative estimate of drug-likeness (QED) is 0.538. The predicted octanol–water partition coefficient (Wildman–Crippen LogP) is 4.17. The lowest BCUT2D eigenvalue weighted by Gasteiger charge is -2.25. The number of methoxy groups -OCH3 is 1. The maximum Gasteiger partial charge on any atom is 0.290 e. The molecule has 4 rings (SSSR count). The lowest BCUT2D eigenvalue weighted by atomic mass is 9.96. The van der Waals surface area contributed by atoms with E-state index >= 15 is 0 Å². The zero-order valence-electron chi connectivity index (χ0n) is 17.9. The Balaban J connectivity index is 1.94. The largest absolute Gasteiger partial charge is 0.490 e. The second kappa shape index (κ2) is 8.40. The number of amides is 1. The van der Waals surface area contributed by atoms with Crippen LogP contribution in [0.2, 0.25) is 0 Å². The minimum atomic E-state index is -0.578. The molecule has 1 atom stereocenters. The van der Waals surface area contributed by atoms with Gasteiger partial charge in [-0.15, -0.1) is 0 Å². The van der Waals surface area contributed by atoms with Crippen molar-refractivity contribution in [3.63, 3.8) is 0 Å². The number of rotatable bonds is 7. The van der Waals surface area contributed by atoms with Crippen molar-refractivity contribution in [3.8, 4) is 5.75 Å². The van der Waals surface area contributed by atoms with Crippen LogP contribution in [0.3, 0.4) is 0 Å². The van der Waals surface area contributed by atoms with Crippen LogP contribution in [0.5, 0.6) is 5.75 Å². The molecule has 0 fully saturated rings. The molecule has 6 heteroatoms. The number of hydrogen-bond acceptors (Lipinski definition) is 5. The molecule has 1 aliphatic rings. The van der Waals surface area contributed by atoms with Crippen LogP contribution in [0, 0.1) is 13.8 Å². The van der Waals surface area contributed by atoms with Gasteiger partial charge >= 0.3 is 0 Å². The molecule has 1 amide bonds. The second-order valence-electron chi connectivity index (χ2n) is 7.69. The Hall–Kier alpha value is -3.38. The van der Waals surface area contributed by atoms with Gasteiger partial charge < -0.3 is 18.8 Å². The maximum absolute atomic E-state index is 13.6. The fourth-order valence-electron chi connectivity index (χ4n) is 4.21. The van der Waals surface area contributed by atoms with Crippen LogP contribution >= 0.6 is 0 Å². The first kappa shape index (κ1) is 20.9. The number of ether oxygens (including phenoxy) is 2. The first-order chi connectivity index (χ1) is 15.0. The molecule has 31 heavy (non-hydrogen) atoms. The summed E-state index contributed by atoms with van der Waals surface area (Å²) in [5.41, 5.74) is 3.20. The SMILES string of the molecule is C=CCOc1cccc(C2c3c(oc4cc(C)cc(C)c4c3=O)C(=O)N2CCOC)c1. The molecule has 160 valence electrons. The van der Waals surface area contributed by atoms with Crippen LogP contribution in [-0.4, -0.2) is 37.7 Å². The first-order valence-electron chi connectivity index (χ1n) is 10.2. The van der Waals surface area contributed by atoms with Crippen molar-refractivity contribution in [1.29, 1.82) is 0 Å².